The summed E-state index contributed by atoms with van der Waals surface area (Å²) in [4.78, 5) is 21.4. The SMILES string of the molecule is CC(=O)[C@@H](Cc1ccccc1O)NC=O. The molecule has 15 heavy (non-hydrogen) atoms. The largest absolute Gasteiger partial charge is 0.508 e. The maximum absolute atomic E-state index is 11.1. The molecule has 0 spiro atoms. The number of aromatic hydroxyl groups is 1. The van der Waals surface area contributed by atoms with E-state index in [4.69, 9.17) is 0 Å². The Hall–Kier alpha value is -1.84. The molecule has 1 atom stereocenters. The fourth-order valence-electron chi connectivity index (χ4n) is 1.31. The molecule has 4 heteroatoms. The van der Waals surface area contributed by atoms with Gasteiger partial charge in [0, 0.05) is 6.42 Å². The molecule has 80 valence electrons. The normalized spacial score (nSPS) is 11.8. The number of phenols is 1. The number of phenolic OH excluding ortho intramolecular Hbond substituents is 1. The predicted octanol–water partition coefficient (Wildman–Crippen LogP) is 0.638. The quantitative estimate of drug-likeness (QED) is 0.696. The molecule has 0 radical (unpaired) electrons. The van der Waals surface area contributed by atoms with E-state index in [0.717, 1.165) is 0 Å². The number of carbonyl (C=O) groups excluding carboxylic acids is 2. The number of ketones is 1. The molecule has 1 rings (SSSR count). The van der Waals surface area contributed by atoms with Crippen molar-refractivity contribution in [2.45, 2.75) is 19.4 Å². The van der Waals surface area contributed by atoms with Crippen molar-refractivity contribution in [2.24, 2.45) is 0 Å². The summed E-state index contributed by atoms with van der Waals surface area (Å²) >= 11 is 0. The minimum Gasteiger partial charge on any atom is -0.508 e. The van der Waals surface area contributed by atoms with Crippen LogP contribution in [0.15, 0.2) is 24.3 Å². The second kappa shape index (κ2) is 5.14. The summed E-state index contributed by atoms with van der Waals surface area (Å²) in [5, 5.41) is 11.9. The van der Waals surface area contributed by atoms with Gasteiger partial charge in [-0.25, -0.2) is 0 Å². The molecule has 0 fully saturated rings. The van der Waals surface area contributed by atoms with Gasteiger partial charge in [0.05, 0.1) is 6.04 Å². The Labute approximate surface area is 87.9 Å². The minimum atomic E-state index is -0.573. The van der Waals surface area contributed by atoms with Crippen LogP contribution in [0, 0.1) is 0 Å². The Bertz CT molecular complexity index is 363. The average molecular weight is 207 g/mol. The fourth-order valence-corrected chi connectivity index (χ4v) is 1.31. The fraction of sp³-hybridized carbons (Fsp3) is 0.273. The summed E-state index contributed by atoms with van der Waals surface area (Å²) < 4.78 is 0. The molecule has 0 bridgehead atoms. The van der Waals surface area contributed by atoms with Crippen LogP contribution >= 0.6 is 0 Å². The Morgan fingerprint density at radius 3 is 2.73 bits per heavy atom. The minimum absolute atomic E-state index is 0.134. The summed E-state index contributed by atoms with van der Waals surface area (Å²) in [6, 6.07) is 6.17. The van der Waals surface area contributed by atoms with Crippen LogP contribution in [0.2, 0.25) is 0 Å². The van der Waals surface area contributed by atoms with Gasteiger partial charge in [0.25, 0.3) is 0 Å². The van der Waals surface area contributed by atoms with Crippen LogP contribution in [-0.2, 0) is 16.0 Å². The highest BCUT2D eigenvalue weighted by atomic mass is 16.3. The first kappa shape index (κ1) is 11.2. The number of hydrogen-bond donors (Lipinski definition) is 2. The van der Waals surface area contributed by atoms with Crippen LogP contribution in [0.1, 0.15) is 12.5 Å². The number of benzene rings is 1. The van der Waals surface area contributed by atoms with E-state index in [2.05, 4.69) is 5.32 Å². The Morgan fingerprint density at radius 2 is 2.20 bits per heavy atom. The van der Waals surface area contributed by atoms with Crippen LogP contribution < -0.4 is 5.32 Å². The van der Waals surface area contributed by atoms with Gasteiger partial charge in [0.1, 0.15) is 5.75 Å². The third kappa shape index (κ3) is 3.09. The molecule has 0 aliphatic rings. The molecular formula is C11H13NO3. The predicted molar refractivity (Wildman–Crippen MR) is 55.5 cm³/mol. The van der Waals surface area contributed by atoms with E-state index < -0.39 is 6.04 Å². The standard InChI is InChI=1S/C11H13NO3/c1-8(14)10(12-7-13)6-9-4-2-3-5-11(9)15/h2-5,7,10,15H,6H2,1H3,(H,12,13)/t10-/m1/s1. The first-order valence-corrected chi connectivity index (χ1v) is 4.62. The summed E-state index contributed by atoms with van der Waals surface area (Å²) in [6.07, 6.45) is 0.798. The van der Waals surface area contributed by atoms with Gasteiger partial charge < -0.3 is 10.4 Å². The van der Waals surface area contributed by atoms with Crippen molar-refractivity contribution in [1.82, 2.24) is 5.32 Å². The molecule has 1 amide bonds. The zero-order chi connectivity index (χ0) is 11.3. The maximum atomic E-state index is 11.1. The van der Waals surface area contributed by atoms with Crippen molar-refractivity contribution in [1.29, 1.82) is 0 Å². The zero-order valence-electron chi connectivity index (χ0n) is 8.43. The number of rotatable bonds is 5. The van der Waals surface area contributed by atoms with Crippen LogP contribution in [0.25, 0.3) is 0 Å². The van der Waals surface area contributed by atoms with Gasteiger partial charge >= 0.3 is 0 Å². The summed E-state index contributed by atoms with van der Waals surface area (Å²) in [7, 11) is 0. The summed E-state index contributed by atoms with van der Waals surface area (Å²) in [5.74, 6) is 0.00167. The smallest absolute Gasteiger partial charge is 0.207 e. The third-order valence-electron chi connectivity index (χ3n) is 2.18. The molecule has 0 saturated heterocycles. The van der Waals surface area contributed by atoms with Crippen molar-refractivity contribution in [3.8, 4) is 5.75 Å². The number of hydrogen-bond acceptors (Lipinski definition) is 3. The highest BCUT2D eigenvalue weighted by Crippen LogP contribution is 2.17. The molecule has 0 heterocycles. The van der Waals surface area contributed by atoms with Gasteiger partial charge in [0.15, 0.2) is 5.78 Å². The van der Waals surface area contributed by atoms with E-state index in [1.54, 1.807) is 24.3 Å². The Kier molecular flexibility index (Phi) is 3.85. The molecule has 2 N–H and O–H groups in total. The molecule has 0 saturated carbocycles. The van der Waals surface area contributed by atoms with Gasteiger partial charge in [-0.15, -0.1) is 0 Å². The molecule has 4 nitrogen and oxygen atoms in total. The molecular weight excluding hydrogens is 194 g/mol. The lowest BCUT2D eigenvalue weighted by atomic mass is 10.0. The first-order chi connectivity index (χ1) is 7.15. The van der Waals surface area contributed by atoms with Crippen molar-refractivity contribution >= 4 is 12.2 Å². The second-order valence-electron chi connectivity index (χ2n) is 3.28. The highest BCUT2D eigenvalue weighted by Gasteiger charge is 2.15. The van der Waals surface area contributed by atoms with E-state index in [1.807, 2.05) is 0 Å². The van der Waals surface area contributed by atoms with Crippen LogP contribution in [0.3, 0.4) is 0 Å². The van der Waals surface area contributed by atoms with E-state index in [1.165, 1.54) is 6.92 Å². The number of nitrogens with one attached hydrogen (secondary N) is 1. The van der Waals surface area contributed by atoms with Gasteiger partial charge in [-0.05, 0) is 18.6 Å². The molecule has 0 unspecified atom stereocenters. The van der Waals surface area contributed by atoms with E-state index >= 15 is 0 Å². The zero-order valence-corrected chi connectivity index (χ0v) is 8.43. The van der Waals surface area contributed by atoms with Crippen LogP contribution in [-0.4, -0.2) is 23.3 Å². The topological polar surface area (TPSA) is 66.4 Å². The van der Waals surface area contributed by atoms with Crippen molar-refractivity contribution in [3.63, 3.8) is 0 Å². The van der Waals surface area contributed by atoms with Crippen molar-refractivity contribution in [3.05, 3.63) is 29.8 Å². The van der Waals surface area contributed by atoms with E-state index in [0.29, 0.717) is 18.4 Å². The lowest BCUT2D eigenvalue weighted by Crippen LogP contribution is -2.36. The van der Waals surface area contributed by atoms with Crippen molar-refractivity contribution in [2.75, 3.05) is 0 Å². The highest BCUT2D eigenvalue weighted by molar-refractivity contribution is 5.83. The molecule has 0 aliphatic heterocycles. The second-order valence-corrected chi connectivity index (χ2v) is 3.28. The third-order valence-corrected chi connectivity index (χ3v) is 2.18. The van der Waals surface area contributed by atoms with Gasteiger partial charge in [-0.3, -0.25) is 9.59 Å². The summed E-state index contributed by atoms with van der Waals surface area (Å²) in [6.45, 7) is 1.40. The Balaban J connectivity index is 2.78. The van der Waals surface area contributed by atoms with Gasteiger partial charge in [-0.1, -0.05) is 18.2 Å². The van der Waals surface area contributed by atoms with Crippen molar-refractivity contribution < 1.29 is 14.7 Å². The molecule has 1 aromatic rings. The van der Waals surface area contributed by atoms with E-state index in [9.17, 15) is 14.7 Å². The number of Topliss-reactive ketones (excluding diaryl/α,β-unsaturated/α-hetero) is 1. The molecule has 0 aromatic heterocycles. The van der Waals surface area contributed by atoms with Crippen LogP contribution in [0.5, 0.6) is 5.75 Å². The number of carbonyl (C=O) groups is 2. The average Bonchev–Trinajstić information content (AvgIpc) is 2.20. The Morgan fingerprint density at radius 1 is 1.53 bits per heavy atom. The van der Waals surface area contributed by atoms with Gasteiger partial charge in [0.2, 0.25) is 6.41 Å². The first-order valence-electron chi connectivity index (χ1n) is 4.62. The monoisotopic (exact) mass is 207 g/mol. The summed E-state index contributed by atoms with van der Waals surface area (Å²) in [5.41, 5.74) is 0.645. The maximum Gasteiger partial charge on any atom is 0.207 e. The number of para-hydroxylation sites is 1. The number of amides is 1. The lowest BCUT2D eigenvalue weighted by molar-refractivity contribution is -0.121. The lowest BCUT2D eigenvalue weighted by Gasteiger charge is -2.13. The van der Waals surface area contributed by atoms with Crippen LogP contribution in [0.4, 0.5) is 0 Å². The molecule has 0 aliphatic carbocycles. The van der Waals surface area contributed by atoms with Gasteiger partial charge in [-0.2, -0.15) is 0 Å². The van der Waals surface area contributed by atoms with E-state index in [-0.39, 0.29) is 11.5 Å². The molecule has 1 aromatic carbocycles.